The van der Waals surface area contributed by atoms with Crippen LogP contribution in [0.4, 0.5) is 0 Å². The van der Waals surface area contributed by atoms with Gasteiger partial charge < -0.3 is 15.0 Å². The first-order valence-electron chi connectivity index (χ1n) is 8.39. The number of nitrogens with zero attached hydrogens (tertiary/aromatic N) is 1. The standard InChI is InChI=1S/C19H28N2O3/c1-18(2,3)14-6-8-15(9-7-14)24-12-16(22)21-11-10-19(4,13-21)17(23)20-5/h6-9H,10-13H2,1-5H3,(H,20,23)/t19-/m0/s1. The molecule has 24 heavy (non-hydrogen) atoms. The molecule has 1 heterocycles. The van der Waals surface area contributed by atoms with Gasteiger partial charge in [-0.2, -0.15) is 0 Å². The molecular formula is C19H28N2O3. The van der Waals surface area contributed by atoms with E-state index in [4.69, 9.17) is 4.74 Å². The molecule has 1 aliphatic heterocycles. The molecule has 0 aliphatic carbocycles. The SMILES string of the molecule is CNC(=O)[C@@]1(C)CCN(C(=O)COc2ccc(C(C)(C)C)cc2)C1. The van der Waals surface area contributed by atoms with Gasteiger partial charge in [0.1, 0.15) is 5.75 Å². The van der Waals surface area contributed by atoms with Crippen LogP contribution in [0, 0.1) is 5.41 Å². The van der Waals surface area contributed by atoms with E-state index in [1.165, 1.54) is 5.56 Å². The molecule has 0 radical (unpaired) electrons. The first kappa shape index (κ1) is 18.3. The maximum Gasteiger partial charge on any atom is 0.260 e. The van der Waals surface area contributed by atoms with Crippen molar-refractivity contribution in [3.05, 3.63) is 29.8 Å². The first-order valence-corrected chi connectivity index (χ1v) is 8.39. The normalized spacial score (nSPS) is 20.8. The van der Waals surface area contributed by atoms with Gasteiger partial charge in [-0.15, -0.1) is 0 Å². The van der Waals surface area contributed by atoms with Crippen molar-refractivity contribution in [3.63, 3.8) is 0 Å². The number of hydrogen-bond donors (Lipinski definition) is 1. The Bertz CT molecular complexity index is 604. The molecule has 5 nitrogen and oxygen atoms in total. The molecule has 0 bridgehead atoms. The molecule has 132 valence electrons. The van der Waals surface area contributed by atoms with E-state index in [9.17, 15) is 9.59 Å². The van der Waals surface area contributed by atoms with E-state index in [1.54, 1.807) is 11.9 Å². The Balaban J connectivity index is 1.89. The highest BCUT2D eigenvalue weighted by Gasteiger charge is 2.41. The molecule has 0 aromatic heterocycles. The minimum atomic E-state index is -0.501. The van der Waals surface area contributed by atoms with Crippen LogP contribution in [0.15, 0.2) is 24.3 Å². The van der Waals surface area contributed by atoms with Crippen molar-refractivity contribution >= 4 is 11.8 Å². The van der Waals surface area contributed by atoms with Crippen molar-refractivity contribution in [2.24, 2.45) is 5.41 Å². The van der Waals surface area contributed by atoms with Crippen molar-refractivity contribution in [2.75, 3.05) is 26.7 Å². The zero-order valence-corrected chi connectivity index (χ0v) is 15.3. The van der Waals surface area contributed by atoms with Gasteiger partial charge in [0.05, 0.1) is 5.41 Å². The highest BCUT2D eigenvalue weighted by atomic mass is 16.5. The highest BCUT2D eigenvalue weighted by Crippen LogP contribution is 2.30. The molecule has 0 spiro atoms. The second-order valence-corrected chi connectivity index (χ2v) is 7.77. The molecule has 0 unspecified atom stereocenters. The molecule has 2 amide bonds. The van der Waals surface area contributed by atoms with E-state index in [0.717, 1.165) is 0 Å². The van der Waals surface area contributed by atoms with Crippen LogP contribution < -0.4 is 10.1 Å². The molecule has 5 heteroatoms. The van der Waals surface area contributed by atoms with Crippen molar-refractivity contribution in [1.29, 1.82) is 0 Å². The first-order chi connectivity index (χ1) is 11.2. The van der Waals surface area contributed by atoms with Gasteiger partial charge in [-0.25, -0.2) is 0 Å². The molecule has 1 fully saturated rings. The Morgan fingerprint density at radius 1 is 1.25 bits per heavy atom. The van der Waals surface area contributed by atoms with Crippen molar-refractivity contribution in [1.82, 2.24) is 10.2 Å². The van der Waals surface area contributed by atoms with Crippen molar-refractivity contribution in [2.45, 2.75) is 39.5 Å². The quantitative estimate of drug-likeness (QED) is 0.921. The monoisotopic (exact) mass is 332 g/mol. The summed E-state index contributed by atoms with van der Waals surface area (Å²) in [7, 11) is 1.63. The number of rotatable bonds is 4. The molecule has 2 rings (SSSR count). The zero-order chi connectivity index (χ0) is 18.0. The van der Waals surface area contributed by atoms with Crippen LogP contribution >= 0.6 is 0 Å². The van der Waals surface area contributed by atoms with Crippen LogP contribution in [0.25, 0.3) is 0 Å². The van der Waals surface area contributed by atoms with Crippen LogP contribution in [0.2, 0.25) is 0 Å². The van der Waals surface area contributed by atoms with Gasteiger partial charge in [-0.05, 0) is 36.5 Å². The van der Waals surface area contributed by atoms with Gasteiger partial charge in [0.2, 0.25) is 5.91 Å². The number of ether oxygens (including phenoxy) is 1. The van der Waals surface area contributed by atoms with Crippen LogP contribution in [-0.2, 0) is 15.0 Å². The number of nitrogens with one attached hydrogen (secondary N) is 1. The Kier molecular flexibility index (Phi) is 5.21. The third kappa shape index (κ3) is 4.08. The van der Waals surface area contributed by atoms with Crippen molar-refractivity contribution in [3.8, 4) is 5.75 Å². The summed E-state index contributed by atoms with van der Waals surface area (Å²) in [5.41, 5.74) is 0.814. The summed E-state index contributed by atoms with van der Waals surface area (Å²) in [6, 6.07) is 7.84. The van der Waals surface area contributed by atoms with E-state index in [1.807, 2.05) is 31.2 Å². The largest absolute Gasteiger partial charge is 0.484 e. The lowest BCUT2D eigenvalue weighted by molar-refractivity contribution is -0.134. The van der Waals surface area contributed by atoms with Crippen molar-refractivity contribution < 1.29 is 14.3 Å². The Labute approximate surface area is 144 Å². The predicted octanol–water partition coefficient (Wildman–Crippen LogP) is 2.35. The predicted molar refractivity (Wildman–Crippen MR) is 94.0 cm³/mol. The van der Waals surface area contributed by atoms with Crippen LogP contribution in [0.5, 0.6) is 5.75 Å². The summed E-state index contributed by atoms with van der Waals surface area (Å²) < 4.78 is 5.61. The summed E-state index contributed by atoms with van der Waals surface area (Å²) in [5.74, 6) is 0.587. The highest BCUT2D eigenvalue weighted by molar-refractivity contribution is 5.85. The Morgan fingerprint density at radius 3 is 2.42 bits per heavy atom. The summed E-state index contributed by atoms with van der Waals surface area (Å²) in [6.07, 6.45) is 0.679. The Hall–Kier alpha value is -2.04. The minimum Gasteiger partial charge on any atom is -0.484 e. The van der Waals surface area contributed by atoms with Gasteiger partial charge in [-0.1, -0.05) is 32.9 Å². The van der Waals surface area contributed by atoms with E-state index < -0.39 is 5.41 Å². The lowest BCUT2D eigenvalue weighted by Crippen LogP contribution is -2.41. The fourth-order valence-electron chi connectivity index (χ4n) is 2.95. The fraction of sp³-hybridized carbons (Fsp3) is 0.579. The van der Waals surface area contributed by atoms with Crippen LogP contribution in [-0.4, -0.2) is 43.5 Å². The lowest BCUT2D eigenvalue weighted by Gasteiger charge is -2.23. The smallest absolute Gasteiger partial charge is 0.260 e. The fourth-order valence-corrected chi connectivity index (χ4v) is 2.95. The maximum absolute atomic E-state index is 12.3. The maximum atomic E-state index is 12.3. The van der Waals surface area contributed by atoms with Crippen LogP contribution in [0.3, 0.4) is 0 Å². The summed E-state index contributed by atoms with van der Waals surface area (Å²) >= 11 is 0. The van der Waals surface area contributed by atoms with Gasteiger partial charge in [0.25, 0.3) is 5.91 Å². The second kappa shape index (κ2) is 6.83. The van der Waals surface area contributed by atoms with E-state index in [2.05, 4.69) is 26.1 Å². The van der Waals surface area contributed by atoms with E-state index in [0.29, 0.717) is 25.3 Å². The average Bonchev–Trinajstić information content (AvgIpc) is 2.95. The summed E-state index contributed by atoms with van der Waals surface area (Å²) in [4.78, 5) is 25.9. The number of amides is 2. The average molecular weight is 332 g/mol. The number of likely N-dealkylation sites (tertiary alicyclic amines) is 1. The topological polar surface area (TPSA) is 58.6 Å². The third-order valence-electron chi connectivity index (χ3n) is 4.68. The number of carbonyl (C=O) groups is 2. The number of hydrogen-bond acceptors (Lipinski definition) is 3. The second-order valence-electron chi connectivity index (χ2n) is 7.77. The van der Waals surface area contributed by atoms with Gasteiger partial charge in [0.15, 0.2) is 6.61 Å². The zero-order valence-electron chi connectivity index (χ0n) is 15.3. The molecule has 1 aromatic carbocycles. The van der Waals surface area contributed by atoms with E-state index >= 15 is 0 Å². The van der Waals surface area contributed by atoms with Gasteiger partial charge >= 0.3 is 0 Å². The summed E-state index contributed by atoms with van der Waals surface area (Å²) in [6.45, 7) is 9.40. The molecule has 1 saturated heterocycles. The third-order valence-corrected chi connectivity index (χ3v) is 4.68. The van der Waals surface area contributed by atoms with E-state index in [-0.39, 0.29) is 23.8 Å². The van der Waals surface area contributed by atoms with Gasteiger partial charge in [-0.3, -0.25) is 9.59 Å². The molecule has 1 aliphatic rings. The molecule has 0 saturated carbocycles. The number of benzene rings is 1. The molecular weight excluding hydrogens is 304 g/mol. The lowest BCUT2D eigenvalue weighted by atomic mass is 9.87. The Morgan fingerprint density at radius 2 is 1.88 bits per heavy atom. The molecule has 1 N–H and O–H groups in total. The number of carbonyl (C=O) groups excluding carboxylic acids is 2. The van der Waals surface area contributed by atoms with Crippen LogP contribution in [0.1, 0.15) is 39.7 Å². The molecule has 1 atom stereocenters. The molecule has 1 aromatic rings. The summed E-state index contributed by atoms with van der Waals surface area (Å²) in [5, 5.41) is 2.67. The van der Waals surface area contributed by atoms with Gasteiger partial charge in [0, 0.05) is 20.1 Å². The minimum absolute atomic E-state index is 0.00130.